The summed E-state index contributed by atoms with van der Waals surface area (Å²) in [5.74, 6) is -0.374. The van der Waals surface area contributed by atoms with Gasteiger partial charge in [0.05, 0.1) is 16.7 Å². The van der Waals surface area contributed by atoms with Crippen molar-refractivity contribution < 1.29 is 9.59 Å². The Labute approximate surface area is 154 Å². The van der Waals surface area contributed by atoms with E-state index < -0.39 is 0 Å². The second-order valence-corrected chi connectivity index (χ2v) is 5.98. The number of imidazole rings is 1. The molecule has 26 heavy (non-hydrogen) atoms. The molecule has 0 saturated carbocycles. The van der Waals surface area contributed by atoms with Gasteiger partial charge in [0, 0.05) is 16.5 Å². The van der Waals surface area contributed by atoms with E-state index in [1.165, 1.54) is 4.90 Å². The molecule has 0 fully saturated rings. The number of nitrogens with zero attached hydrogens (tertiary/aromatic N) is 2. The molecule has 2 amide bonds. The Kier molecular flexibility index (Phi) is 3.45. The predicted molar refractivity (Wildman–Crippen MR) is 103 cm³/mol. The van der Waals surface area contributed by atoms with E-state index in [0.29, 0.717) is 39.2 Å². The van der Waals surface area contributed by atoms with Crippen LogP contribution in [0.3, 0.4) is 0 Å². The second kappa shape index (κ2) is 5.57. The first kappa shape index (κ1) is 16.1. The highest BCUT2D eigenvalue weighted by molar-refractivity contribution is 6.35. The number of benzene rings is 3. The number of halogens is 1. The van der Waals surface area contributed by atoms with Gasteiger partial charge in [-0.1, -0.05) is 24.3 Å². The number of carbonyl (C=O) groups excluding carboxylic acids is 2. The summed E-state index contributed by atoms with van der Waals surface area (Å²) in [6, 6.07) is 16.1. The summed E-state index contributed by atoms with van der Waals surface area (Å²) in [5, 5.41) is 1.59. The molecule has 2 heterocycles. The number of anilines is 2. The van der Waals surface area contributed by atoms with E-state index in [9.17, 15) is 9.59 Å². The molecule has 1 aliphatic heterocycles. The van der Waals surface area contributed by atoms with E-state index in [0.717, 1.165) is 5.39 Å². The highest BCUT2D eigenvalue weighted by atomic mass is 35.5. The van der Waals surface area contributed by atoms with Crippen molar-refractivity contribution in [1.29, 1.82) is 0 Å². The third-order valence-electron chi connectivity index (χ3n) is 4.51. The van der Waals surface area contributed by atoms with Gasteiger partial charge < -0.3 is 10.7 Å². The number of aromatic nitrogens is 2. The summed E-state index contributed by atoms with van der Waals surface area (Å²) in [4.78, 5) is 34.3. The molecule has 0 saturated heterocycles. The van der Waals surface area contributed by atoms with Crippen LogP contribution in [0.4, 0.5) is 11.6 Å². The molecular formula is C19H13ClN4O2. The monoisotopic (exact) mass is 364 g/mol. The lowest BCUT2D eigenvalue weighted by atomic mass is 9.94. The summed E-state index contributed by atoms with van der Waals surface area (Å²) >= 11 is 0. The number of nitrogen functional groups attached to an aromatic ring is 1. The van der Waals surface area contributed by atoms with Crippen molar-refractivity contribution in [3.05, 3.63) is 65.7 Å². The van der Waals surface area contributed by atoms with E-state index in [-0.39, 0.29) is 24.2 Å². The maximum absolute atomic E-state index is 13.0. The van der Waals surface area contributed by atoms with Crippen LogP contribution in [-0.2, 0) is 0 Å². The first-order valence-electron chi connectivity index (χ1n) is 7.79. The SMILES string of the molecule is Cl.Nc1nc2ccc(N3C(=O)c4cccc5cccc(c45)C3=O)cc2[nH]1. The van der Waals surface area contributed by atoms with Crippen molar-refractivity contribution in [2.24, 2.45) is 0 Å². The lowest BCUT2D eigenvalue weighted by Gasteiger charge is -2.27. The van der Waals surface area contributed by atoms with Crippen LogP contribution < -0.4 is 10.6 Å². The van der Waals surface area contributed by atoms with Crippen LogP contribution in [0.2, 0.25) is 0 Å². The molecule has 0 unspecified atom stereocenters. The van der Waals surface area contributed by atoms with E-state index >= 15 is 0 Å². The minimum atomic E-state index is -0.332. The first-order chi connectivity index (χ1) is 12.1. The maximum Gasteiger partial charge on any atom is 0.265 e. The number of amides is 2. The summed E-state index contributed by atoms with van der Waals surface area (Å²) < 4.78 is 0. The Morgan fingerprint density at radius 2 is 1.58 bits per heavy atom. The Hall–Kier alpha value is -3.38. The second-order valence-electron chi connectivity index (χ2n) is 5.98. The standard InChI is InChI=1S/C19H12N4O2.ClH/c20-19-21-14-8-7-11(9-15(14)22-19)23-17(24)12-5-1-3-10-4-2-6-13(16(10)12)18(23)25;/h1-9H,(H3,20,21,22);1H. The van der Waals surface area contributed by atoms with Crippen LogP contribution in [0.15, 0.2) is 54.6 Å². The van der Waals surface area contributed by atoms with Gasteiger partial charge in [-0.15, -0.1) is 12.4 Å². The zero-order chi connectivity index (χ0) is 17.1. The molecule has 0 radical (unpaired) electrons. The van der Waals surface area contributed by atoms with E-state index in [1.54, 1.807) is 30.3 Å². The third kappa shape index (κ3) is 2.09. The van der Waals surface area contributed by atoms with Crippen molar-refractivity contribution in [3.8, 4) is 0 Å². The van der Waals surface area contributed by atoms with Crippen molar-refractivity contribution in [2.45, 2.75) is 0 Å². The fourth-order valence-electron chi connectivity index (χ4n) is 3.42. The number of rotatable bonds is 1. The van der Waals surface area contributed by atoms with Gasteiger partial charge in [-0.25, -0.2) is 9.88 Å². The van der Waals surface area contributed by atoms with Crippen LogP contribution >= 0.6 is 12.4 Å². The number of aromatic amines is 1. The number of carbonyl (C=O) groups is 2. The molecule has 0 bridgehead atoms. The third-order valence-corrected chi connectivity index (χ3v) is 4.51. The molecule has 6 nitrogen and oxygen atoms in total. The van der Waals surface area contributed by atoms with Crippen LogP contribution in [0.5, 0.6) is 0 Å². The van der Waals surface area contributed by atoms with Crippen molar-refractivity contribution in [3.63, 3.8) is 0 Å². The molecule has 4 aromatic rings. The number of hydrogen-bond acceptors (Lipinski definition) is 4. The lowest BCUT2D eigenvalue weighted by Crippen LogP contribution is -2.40. The molecule has 3 N–H and O–H groups in total. The fraction of sp³-hybridized carbons (Fsp3) is 0. The summed E-state index contributed by atoms with van der Waals surface area (Å²) in [6.07, 6.45) is 0. The number of H-pyrrole nitrogens is 1. The maximum atomic E-state index is 13.0. The molecule has 0 atom stereocenters. The zero-order valence-corrected chi connectivity index (χ0v) is 14.2. The summed E-state index contributed by atoms with van der Waals surface area (Å²) in [5.41, 5.74) is 8.56. The van der Waals surface area contributed by atoms with Gasteiger partial charge in [-0.3, -0.25) is 9.59 Å². The molecule has 3 aromatic carbocycles. The molecular weight excluding hydrogens is 352 g/mol. The number of fused-ring (bicyclic) bond motifs is 1. The van der Waals surface area contributed by atoms with E-state index in [1.807, 2.05) is 24.3 Å². The summed E-state index contributed by atoms with van der Waals surface area (Å²) in [7, 11) is 0. The number of nitrogens with two attached hydrogens (primary N) is 1. The van der Waals surface area contributed by atoms with Gasteiger partial charge in [0.1, 0.15) is 0 Å². The quantitative estimate of drug-likeness (QED) is 0.505. The predicted octanol–water partition coefficient (Wildman–Crippen LogP) is 3.52. The van der Waals surface area contributed by atoms with Gasteiger partial charge in [0.2, 0.25) is 0 Å². The highest BCUT2D eigenvalue weighted by Crippen LogP contribution is 2.33. The van der Waals surface area contributed by atoms with Gasteiger partial charge in [0.25, 0.3) is 11.8 Å². The van der Waals surface area contributed by atoms with Crippen LogP contribution in [0.1, 0.15) is 20.7 Å². The van der Waals surface area contributed by atoms with Crippen molar-refractivity contribution in [2.75, 3.05) is 10.6 Å². The van der Waals surface area contributed by atoms with Gasteiger partial charge in [-0.2, -0.15) is 0 Å². The molecule has 0 aliphatic carbocycles. The highest BCUT2D eigenvalue weighted by Gasteiger charge is 2.33. The van der Waals surface area contributed by atoms with E-state index in [4.69, 9.17) is 5.73 Å². The molecule has 1 aliphatic rings. The number of hydrogen-bond donors (Lipinski definition) is 2. The van der Waals surface area contributed by atoms with Gasteiger partial charge in [-0.05, 0) is 35.7 Å². The van der Waals surface area contributed by atoms with Gasteiger partial charge >= 0.3 is 0 Å². The zero-order valence-electron chi connectivity index (χ0n) is 13.4. The largest absolute Gasteiger partial charge is 0.369 e. The molecule has 1 aromatic heterocycles. The first-order valence-corrected chi connectivity index (χ1v) is 7.79. The normalized spacial score (nSPS) is 13.3. The number of nitrogens with one attached hydrogen (secondary N) is 1. The Morgan fingerprint density at radius 3 is 2.23 bits per heavy atom. The molecule has 128 valence electrons. The van der Waals surface area contributed by atoms with Crippen LogP contribution in [0.25, 0.3) is 21.8 Å². The number of imide groups is 1. The van der Waals surface area contributed by atoms with Crippen molar-refractivity contribution in [1.82, 2.24) is 9.97 Å². The average molecular weight is 365 g/mol. The van der Waals surface area contributed by atoms with Crippen molar-refractivity contribution >= 4 is 57.7 Å². The topological polar surface area (TPSA) is 92.1 Å². The Balaban J connectivity index is 0.00000168. The average Bonchev–Trinajstić information content (AvgIpc) is 2.99. The Morgan fingerprint density at radius 1 is 0.923 bits per heavy atom. The smallest absolute Gasteiger partial charge is 0.265 e. The Bertz CT molecular complexity index is 1160. The summed E-state index contributed by atoms with van der Waals surface area (Å²) in [6.45, 7) is 0. The van der Waals surface area contributed by atoms with E-state index in [2.05, 4.69) is 9.97 Å². The molecule has 5 rings (SSSR count). The molecule has 0 spiro atoms. The molecule has 7 heteroatoms. The van der Waals surface area contributed by atoms with Crippen LogP contribution in [0, 0.1) is 0 Å². The minimum Gasteiger partial charge on any atom is -0.369 e. The van der Waals surface area contributed by atoms with Crippen LogP contribution in [-0.4, -0.2) is 21.8 Å². The van der Waals surface area contributed by atoms with Gasteiger partial charge in [0.15, 0.2) is 5.95 Å². The fourth-order valence-corrected chi connectivity index (χ4v) is 3.42. The lowest BCUT2D eigenvalue weighted by molar-refractivity contribution is 0.0893. The minimum absolute atomic E-state index is 0.